The lowest BCUT2D eigenvalue weighted by atomic mass is 9.89. The molecule has 1 amide bonds. The lowest BCUT2D eigenvalue weighted by Gasteiger charge is -2.36. The third kappa shape index (κ3) is 6.60. The number of hydrogen-bond acceptors (Lipinski definition) is 8. The van der Waals surface area contributed by atoms with Crippen LogP contribution in [0.1, 0.15) is 42.9 Å². The molecule has 5 heterocycles. The van der Waals surface area contributed by atoms with Gasteiger partial charge in [-0.1, -0.05) is 36.4 Å². The zero-order valence-electron chi connectivity index (χ0n) is 28.7. The second-order valence-corrected chi connectivity index (χ2v) is 14.5. The second-order valence-electron chi connectivity index (χ2n) is 13.7. The van der Waals surface area contributed by atoms with Crippen LogP contribution in [0, 0.1) is 23.2 Å². The second kappa shape index (κ2) is 14.5. The largest absolute Gasteiger partial charge is 0.465 e. The van der Waals surface area contributed by atoms with Crippen molar-refractivity contribution in [2.75, 3.05) is 37.7 Å². The lowest BCUT2D eigenvalue weighted by molar-refractivity contribution is -0.151. The Morgan fingerprint density at radius 1 is 0.904 bits per heavy atom. The lowest BCUT2D eigenvalue weighted by Crippen LogP contribution is -2.41. The molecule has 11 nitrogen and oxygen atoms in total. The van der Waals surface area contributed by atoms with Gasteiger partial charge in [0.05, 0.1) is 52.2 Å². The van der Waals surface area contributed by atoms with Crippen LogP contribution in [0.15, 0.2) is 89.6 Å². The number of carbonyl (C=O) groups is 2. The molecule has 3 aromatic carbocycles. The summed E-state index contributed by atoms with van der Waals surface area (Å²) in [5, 5.41) is 23.6. The maximum atomic E-state index is 13.9. The Kier molecular flexibility index (Phi) is 9.35. The first kappa shape index (κ1) is 33.5. The van der Waals surface area contributed by atoms with Crippen molar-refractivity contribution in [3.05, 3.63) is 101 Å². The van der Waals surface area contributed by atoms with Gasteiger partial charge in [0, 0.05) is 31.7 Å². The van der Waals surface area contributed by atoms with Gasteiger partial charge in [0.2, 0.25) is 5.95 Å². The minimum Gasteiger partial charge on any atom is -0.465 e. The molecular weight excluding hydrogens is 675 g/mol. The molecule has 1 N–H and O–H groups in total. The summed E-state index contributed by atoms with van der Waals surface area (Å²) in [4.78, 5) is 39.4. The summed E-state index contributed by atoms with van der Waals surface area (Å²) in [5.41, 5.74) is 6.32. The number of carboxylic acid groups (broad SMARTS) is 1. The Balaban J connectivity index is 1.03. The summed E-state index contributed by atoms with van der Waals surface area (Å²) in [7, 11) is 0. The van der Waals surface area contributed by atoms with E-state index in [2.05, 4.69) is 43.0 Å². The first-order valence-electron chi connectivity index (χ1n) is 17.8. The van der Waals surface area contributed by atoms with Gasteiger partial charge in [0.1, 0.15) is 12.4 Å². The summed E-state index contributed by atoms with van der Waals surface area (Å²) in [6.07, 6.45) is 1.65. The molecule has 2 saturated heterocycles. The van der Waals surface area contributed by atoms with Crippen LogP contribution in [-0.2, 0) is 16.1 Å². The number of esters is 1. The fourth-order valence-corrected chi connectivity index (χ4v) is 8.49. The molecule has 2 aliphatic rings. The molecule has 52 heavy (non-hydrogen) atoms. The van der Waals surface area contributed by atoms with Crippen molar-refractivity contribution in [2.45, 2.75) is 38.3 Å². The number of amides is 1. The highest BCUT2D eigenvalue weighted by Crippen LogP contribution is 2.37. The fraction of sp³-hybridized carbons (Fsp3) is 0.325. The van der Waals surface area contributed by atoms with Gasteiger partial charge in [-0.25, -0.2) is 14.8 Å². The molecule has 0 bridgehead atoms. The summed E-state index contributed by atoms with van der Waals surface area (Å²) in [6.45, 7) is 3.07. The maximum Gasteiger partial charge on any atom is 0.407 e. The number of piperidine rings is 2. The SMILES string of the molecule is N#Cc1cccc(-c2nc3ccccc3n2C(COC(=O)C2CCN(c3nc4ccccc4n3Cc3ccsc3)CC2)C2CCN(C(=O)O)CC2)c1. The number of rotatable bonds is 9. The minimum atomic E-state index is -0.920. The van der Waals surface area contributed by atoms with E-state index in [1.165, 1.54) is 10.5 Å². The maximum absolute atomic E-state index is 13.9. The van der Waals surface area contributed by atoms with Crippen molar-refractivity contribution >= 4 is 51.4 Å². The molecule has 0 radical (unpaired) electrons. The van der Waals surface area contributed by atoms with E-state index in [9.17, 15) is 20.0 Å². The van der Waals surface area contributed by atoms with Crippen LogP contribution in [0.3, 0.4) is 0 Å². The zero-order valence-corrected chi connectivity index (χ0v) is 29.5. The molecule has 1 atom stereocenters. The van der Waals surface area contributed by atoms with Gasteiger partial charge in [-0.15, -0.1) is 0 Å². The number of hydrogen-bond donors (Lipinski definition) is 1. The van der Waals surface area contributed by atoms with Gasteiger partial charge in [-0.05, 0) is 90.4 Å². The normalized spacial score (nSPS) is 16.3. The first-order chi connectivity index (χ1) is 25.5. The number of thiophene rings is 1. The molecule has 0 saturated carbocycles. The van der Waals surface area contributed by atoms with Gasteiger partial charge in [0.25, 0.3) is 0 Å². The molecule has 12 heteroatoms. The van der Waals surface area contributed by atoms with Gasteiger partial charge in [-0.2, -0.15) is 16.6 Å². The molecule has 8 rings (SSSR count). The van der Waals surface area contributed by atoms with Gasteiger partial charge in [0.15, 0.2) is 0 Å². The number of anilines is 1. The van der Waals surface area contributed by atoms with E-state index in [0.29, 0.717) is 63.3 Å². The van der Waals surface area contributed by atoms with Crippen LogP contribution >= 0.6 is 11.3 Å². The van der Waals surface area contributed by atoms with E-state index in [1.807, 2.05) is 60.7 Å². The number of nitriles is 1. The van der Waals surface area contributed by atoms with Crippen molar-refractivity contribution in [1.82, 2.24) is 24.0 Å². The average molecular weight is 714 g/mol. The molecule has 2 fully saturated rings. The highest BCUT2D eigenvalue weighted by molar-refractivity contribution is 7.07. The number of aromatic nitrogens is 4. The minimum absolute atomic E-state index is 0.0389. The van der Waals surface area contributed by atoms with Gasteiger partial charge >= 0.3 is 12.1 Å². The highest BCUT2D eigenvalue weighted by Gasteiger charge is 2.35. The Hall–Kier alpha value is -5.67. The zero-order chi connectivity index (χ0) is 35.6. The third-order valence-corrected chi connectivity index (χ3v) is 11.3. The first-order valence-corrected chi connectivity index (χ1v) is 18.7. The molecule has 0 spiro atoms. The van der Waals surface area contributed by atoms with Crippen LogP contribution in [0.25, 0.3) is 33.5 Å². The smallest absolute Gasteiger partial charge is 0.407 e. The number of imidazole rings is 2. The van der Waals surface area contributed by atoms with E-state index in [4.69, 9.17) is 14.7 Å². The Morgan fingerprint density at radius 3 is 2.35 bits per heavy atom. The van der Waals surface area contributed by atoms with Crippen molar-refractivity contribution < 1.29 is 19.4 Å². The van der Waals surface area contributed by atoms with Crippen LogP contribution in [-0.4, -0.2) is 74.0 Å². The predicted molar refractivity (Wildman–Crippen MR) is 200 cm³/mol. The van der Waals surface area contributed by atoms with Crippen LogP contribution in [0.5, 0.6) is 0 Å². The third-order valence-electron chi connectivity index (χ3n) is 10.6. The number of benzene rings is 3. The number of ether oxygens (including phenoxy) is 1. The van der Waals surface area contributed by atoms with Crippen molar-refractivity contribution in [3.8, 4) is 17.5 Å². The molecule has 3 aromatic heterocycles. The Labute approximate surface area is 305 Å². The fourth-order valence-electron chi connectivity index (χ4n) is 7.83. The van der Waals surface area contributed by atoms with E-state index in [1.54, 1.807) is 17.4 Å². The monoisotopic (exact) mass is 713 g/mol. The van der Waals surface area contributed by atoms with Crippen LogP contribution in [0.4, 0.5) is 10.7 Å². The van der Waals surface area contributed by atoms with E-state index in [0.717, 1.165) is 40.1 Å². The molecule has 2 aliphatic heterocycles. The number of fused-ring (bicyclic) bond motifs is 2. The van der Waals surface area contributed by atoms with Crippen molar-refractivity contribution in [1.29, 1.82) is 5.26 Å². The Bertz CT molecular complexity index is 2260. The summed E-state index contributed by atoms with van der Waals surface area (Å²) >= 11 is 1.69. The van der Waals surface area contributed by atoms with Crippen LogP contribution < -0.4 is 4.90 Å². The standard InChI is InChI=1S/C40H39N7O4S/c41-23-27-6-5-7-31(22-27)37-42-33-9-2-4-11-35(33)47(37)36(29-12-19-45(20-13-29)40(49)50)25-51-38(48)30-14-17-44(18-15-30)39-43-32-8-1-3-10-34(32)46(39)24-28-16-21-52-26-28/h1-11,16,21-22,26,29-30,36H,12-15,17-20,24-25H2,(H,49,50). The molecule has 264 valence electrons. The summed E-state index contributed by atoms with van der Waals surface area (Å²) in [5.74, 6) is 1.20. The Morgan fingerprint density at radius 2 is 1.63 bits per heavy atom. The van der Waals surface area contributed by atoms with E-state index >= 15 is 0 Å². The predicted octanol–water partition coefficient (Wildman–Crippen LogP) is 7.43. The van der Waals surface area contributed by atoms with E-state index < -0.39 is 6.09 Å². The van der Waals surface area contributed by atoms with Crippen LogP contribution in [0.2, 0.25) is 0 Å². The van der Waals surface area contributed by atoms with Gasteiger partial charge in [-0.3, -0.25) is 4.79 Å². The quantitative estimate of drug-likeness (QED) is 0.153. The van der Waals surface area contributed by atoms with Crippen molar-refractivity contribution in [2.24, 2.45) is 11.8 Å². The number of nitrogens with zero attached hydrogens (tertiary/aromatic N) is 7. The van der Waals surface area contributed by atoms with Gasteiger partial charge < -0.3 is 28.8 Å². The molecule has 1 unspecified atom stereocenters. The topological polar surface area (TPSA) is 130 Å². The van der Waals surface area contributed by atoms with Crippen molar-refractivity contribution in [3.63, 3.8) is 0 Å². The number of likely N-dealkylation sites (tertiary alicyclic amines) is 1. The average Bonchev–Trinajstić information content (AvgIpc) is 3.94. The molecule has 0 aliphatic carbocycles. The highest BCUT2D eigenvalue weighted by atomic mass is 32.1. The molecular formula is C40H39N7O4S. The molecule has 6 aromatic rings. The number of carbonyl (C=O) groups excluding carboxylic acids is 1. The summed E-state index contributed by atoms with van der Waals surface area (Å²) < 4.78 is 10.7. The van der Waals surface area contributed by atoms with E-state index in [-0.39, 0.29) is 30.5 Å². The summed E-state index contributed by atoms with van der Waals surface area (Å²) in [6, 6.07) is 27.6. The number of para-hydroxylation sites is 4.